The highest BCUT2D eigenvalue weighted by molar-refractivity contribution is 5.44. The fourth-order valence-electron chi connectivity index (χ4n) is 3.08. The van der Waals surface area contributed by atoms with E-state index >= 15 is 0 Å². The summed E-state index contributed by atoms with van der Waals surface area (Å²) >= 11 is 0. The molecular weight excluding hydrogens is 196 g/mol. The Kier molecular flexibility index (Phi) is 2.47. The molecule has 1 aromatic carbocycles. The zero-order valence-corrected chi connectivity index (χ0v) is 9.78. The lowest BCUT2D eigenvalue weighted by atomic mass is 9.79. The molecule has 0 amide bonds. The van der Waals surface area contributed by atoms with E-state index in [1.54, 1.807) is 0 Å². The number of rotatable bonds is 0. The van der Waals surface area contributed by atoms with Crippen LogP contribution in [0.25, 0.3) is 0 Å². The number of aryl methyl sites for hydroxylation is 1. The van der Waals surface area contributed by atoms with Crippen LogP contribution in [0, 0.1) is 12.8 Å². The third-order valence-electron chi connectivity index (χ3n) is 3.93. The predicted molar refractivity (Wildman–Crippen MR) is 65.9 cm³/mol. The van der Waals surface area contributed by atoms with Gasteiger partial charge >= 0.3 is 0 Å². The second kappa shape index (κ2) is 3.97. The number of hydrogen-bond donors (Lipinski definition) is 0. The van der Waals surface area contributed by atoms with Gasteiger partial charge in [0.25, 0.3) is 0 Å². The molecule has 0 saturated carbocycles. The summed E-state index contributed by atoms with van der Waals surface area (Å²) in [5.74, 6) is 2.52. The molecule has 0 bridgehead atoms. The molecule has 0 aromatic heterocycles. The first kappa shape index (κ1) is 9.95. The second-order valence-corrected chi connectivity index (χ2v) is 4.95. The zero-order valence-electron chi connectivity index (χ0n) is 9.78. The summed E-state index contributed by atoms with van der Waals surface area (Å²) in [4.78, 5) is 0. The van der Waals surface area contributed by atoms with Crippen molar-refractivity contribution < 1.29 is 4.74 Å². The van der Waals surface area contributed by atoms with Gasteiger partial charge in [0, 0.05) is 11.5 Å². The quantitative estimate of drug-likeness (QED) is 0.596. The van der Waals surface area contributed by atoms with Crippen LogP contribution < -0.4 is 4.74 Å². The van der Waals surface area contributed by atoms with E-state index in [1.807, 2.05) is 0 Å². The molecule has 1 aliphatic heterocycles. The first-order valence-electron chi connectivity index (χ1n) is 6.23. The number of benzene rings is 1. The molecule has 0 N–H and O–H groups in total. The minimum absolute atomic E-state index is 0.687. The molecule has 2 aliphatic rings. The number of hydrogen-bond acceptors (Lipinski definition) is 1. The lowest BCUT2D eigenvalue weighted by Crippen LogP contribution is -2.25. The molecule has 1 heterocycles. The molecule has 0 fully saturated rings. The predicted octanol–water partition coefficient (Wildman–Crippen LogP) is 3.83. The van der Waals surface area contributed by atoms with Crippen LogP contribution in [0.4, 0.5) is 0 Å². The highest BCUT2D eigenvalue weighted by Gasteiger charge is 2.31. The SMILES string of the molecule is Cc1cccc2c1C1CCC=CCC1CO2. The van der Waals surface area contributed by atoms with Crippen molar-refractivity contribution in [3.63, 3.8) is 0 Å². The fraction of sp³-hybridized carbons (Fsp3) is 0.467. The third-order valence-corrected chi connectivity index (χ3v) is 3.93. The zero-order chi connectivity index (χ0) is 11.0. The van der Waals surface area contributed by atoms with E-state index in [0.29, 0.717) is 11.8 Å². The summed E-state index contributed by atoms with van der Waals surface area (Å²) in [5.41, 5.74) is 2.87. The molecule has 2 atom stereocenters. The van der Waals surface area contributed by atoms with Crippen LogP contribution in [0.15, 0.2) is 30.4 Å². The molecule has 1 heteroatoms. The second-order valence-electron chi connectivity index (χ2n) is 4.95. The maximum Gasteiger partial charge on any atom is 0.123 e. The van der Waals surface area contributed by atoms with E-state index < -0.39 is 0 Å². The van der Waals surface area contributed by atoms with E-state index in [2.05, 4.69) is 37.3 Å². The van der Waals surface area contributed by atoms with Gasteiger partial charge in [0.15, 0.2) is 0 Å². The van der Waals surface area contributed by atoms with Crippen LogP contribution in [-0.4, -0.2) is 6.61 Å². The van der Waals surface area contributed by atoms with E-state index in [9.17, 15) is 0 Å². The van der Waals surface area contributed by atoms with Gasteiger partial charge in [-0.2, -0.15) is 0 Å². The summed E-state index contributed by atoms with van der Waals surface area (Å²) in [6.07, 6.45) is 8.34. The summed E-state index contributed by atoms with van der Waals surface area (Å²) in [5, 5.41) is 0. The Labute approximate surface area is 97.1 Å². The summed E-state index contributed by atoms with van der Waals surface area (Å²) < 4.78 is 5.90. The minimum atomic E-state index is 0.687. The smallest absolute Gasteiger partial charge is 0.123 e. The lowest BCUT2D eigenvalue weighted by Gasteiger charge is -2.33. The topological polar surface area (TPSA) is 9.23 Å². The van der Waals surface area contributed by atoms with E-state index in [1.165, 1.54) is 30.4 Å². The monoisotopic (exact) mass is 214 g/mol. The van der Waals surface area contributed by atoms with Crippen LogP contribution in [0.5, 0.6) is 5.75 Å². The highest BCUT2D eigenvalue weighted by atomic mass is 16.5. The van der Waals surface area contributed by atoms with Gasteiger partial charge < -0.3 is 4.74 Å². The Morgan fingerprint density at radius 1 is 1.25 bits per heavy atom. The van der Waals surface area contributed by atoms with E-state index in [-0.39, 0.29) is 0 Å². The highest BCUT2D eigenvalue weighted by Crippen LogP contribution is 2.44. The largest absolute Gasteiger partial charge is 0.493 e. The van der Waals surface area contributed by atoms with Gasteiger partial charge in [-0.25, -0.2) is 0 Å². The van der Waals surface area contributed by atoms with Gasteiger partial charge in [-0.1, -0.05) is 24.3 Å². The molecule has 16 heavy (non-hydrogen) atoms. The Morgan fingerprint density at radius 2 is 2.19 bits per heavy atom. The van der Waals surface area contributed by atoms with Crippen molar-refractivity contribution in [3.05, 3.63) is 41.5 Å². The van der Waals surface area contributed by atoms with Gasteiger partial charge in [0.2, 0.25) is 0 Å². The molecule has 2 unspecified atom stereocenters. The standard InChI is InChI=1S/C15H18O/c1-11-6-5-9-14-15(11)13-8-4-2-3-7-12(13)10-16-14/h2-3,5-6,9,12-13H,4,7-8,10H2,1H3. The van der Waals surface area contributed by atoms with Crippen LogP contribution in [-0.2, 0) is 0 Å². The van der Waals surface area contributed by atoms with Crippen LogP contribution >= 0.6 is 0 Å². The molecule has 1 nitrogen and oxygen atoms in total. The average Bonchev–Trinajstić information content (AvgIpc) is 2.54. The number of allylic oxidation sites excluding steroid dienone is 2. The minimum Gasteiger partial charge on any atom is -0.493 e. The maximum absolute atomic E-state index is 5.90. The third kappa shape index (κ3) is 1.55. The summed E-state index contributed by atoms with van der Waals surface area (Å²) in [7, 11) is 0. The molecule has 0 spiro atoms. The van der Waals surface area contributed by atoms with Gasteiger partial charge in [-0.3, -0.25) is 0 Å². The first-order chi connectivity index (χ1) is 7.86. The fourth-order valence-corrected chi connectivity index (χ4v) is 3.08. The van der Waals surface area contributed by atoms with E-state index in [0.717, 1.165) is 12.4 Å². The summed E-state index contributed by atoms with van der Waals surface area (Å²) in [6, 6.07) is 6.43. The van der Waals surface area contributed by atoms with Crippen molar-refractivity contribution >= 4 is 0 Å². The van der Waals surface area contributed by atoms with Crippen molar-refractivity contribution in [3.8, 4) is 5.75 Å². The van der Waals surface area contributed by atoms with Gasteiger partial charge in [-0.05, 0) is 43.7 Å². The number of fused-ring (bicyclic) bond motifs is 3. The van der Waals surface area contributed by atoms with Crippen molar-refractivity contribution in [1.29, 1.82) is 0 Å². The van der Waals surface area contributed by atoms with Crippen molar-refractivity contribution in [2.75, 3.05) is 6.61 Å². The molecule has 1 aromatic rings. The van der Waals surface area contributed by atoms with Gasteiger partial charge in [-0.15, -0.1) is 0 Å². The van der Waals surface area contributed by atoms with Crippen LogP contribution in [0.3, 0.4) is 0 Å². The van der Waals surface area contributed by atoms with Crippen molar-refractivity contribution in [1.82, 2.24) is 0 Å². The average molecular weight is 214 g/mol. The molecule has 84 valence electrons. The molecule has 1 aliphatic carbocycles. The van der Waals surface area contributed by atoms with Crippen molar-refractivity contribution in [2.24, 2.45) is 5.92 Å². The summed E-state index contributed by atoms with van der Waals surface area (Å²) in [6.45, 7) is 3.11. The van der Waals surface area contributed by atoms with Gasteiger partial charge in [0.1, 0.15) is 5.75 Å². The van der Waals surface area contributed by atoms with Crippen LogP contribution in [0.1, 0.15) is 36.3 Å². The Balaban J connectivity index is 2.04. The maximum atomic E-state index is 5.90. The Bertz CT molecular complexity index is 419. The van der Waals surface area contributed by atoms with Gasteiger partial charge in [0.05, 0.1) is 6.61 Å². The lowest BCUT2D eigenvalue weighted by molar-refractivity contribution is 0.191. The molecule has 0 radical (unpaired) electrons. The van der Waals surface area contributed by atoms with Crippen molar-refractivity contribution in [2.45, 2.75) is 32.1 Å². The first-order valence-corrected chi connectivity index (χ1v) is 6.23. The Morgan fingerprint density at radius 3 is 3.12 bits per heavy atom. The normalized spacial score (nSPS) is 27.6. The van der Waals surface area contributed by atoms with Crippen LogP contribution in [0.2, 0.25) is 0 Å². The number of ether oxygens (including phenoxy) is 1. The molecular formula is C15H18O. The molecule has 0 saturated heterocycles. The Hall–Kier alpha value is -1.24. The molecule has 3 rings (SSSR count). The van der Waals surface area contributed by atoms with E-state index in [4.69, 9.17) is 4.74 Å².